The number of Topliss-reactive ketones (excluding diaryl/α,β-unsaturated/α-hetero) is 1. The summed E-state index contributed by atoms with van der Waals surface area (Å²) in [5, 5.41) is -1.32. The molecule has 0 heterocycles. The van der Waals surface area contributed by atoms with E-state index in [1.54, 1.807) is 13.8 Å². The van der Waals surface area contributed by atoms with E-state index in [0.29, 0.717) is 0 Å². The first-order chi connectivity index (χ1) is 7.22. The lowest BCUT2D eigenvalue weighted by molar-refractivity contribution is -0.139. The summed E-state index contributed by atoms with van der Waals surface area (Å²) in [6, 6.07) is 0. The Bertz CT molecular complexity index is 360. The third kappa shape index (κ3) is 4.28. The van der Waals surface area contributed by atoms with E-state index in [4.69, 9.17) is 0 Å². The van der Waals surface area contributed by atoms with Gasteiger partial charge in [-0.1, -0.05) is 13.8 Å². The van der Waals surface area contributed by atoms with Crippen LogP contribution in [0.25, 0.3) is 0 Å². The number of hydrogen-bond donors (Lipinski definition) is 1. The Kier molecular flexibility index (Phi) is 5.60. The summed E-state index contributed by atoms with van der Waals surface area (Å²) in [4.78, 5) is 22.2. The van der Waals surface area contributed by atoms with E-state index in [9.17, 15) is 18.0 Å². The number of carbonyl (C=O) groups is 2. The number of nitrogens with one attached hydrogen (secondary N) is 1. The van der Waals surface area contributed by atoms with Crippen molar-refractivity contribution in [1.82, 2.24) is 4.72 Å². The van der Waals surface area contributed by atoms with Gasteiger partial charge in [-0.2, -0.15) is 0 Å². The van der Waals surface area contributed by atoms with Crippen molar-refractivity contribution < 1.29 is 22.7 Å². The van der Waals surface area contributed by atoms with E-state index in [1.165, 1.54) is 6.92 Å². The number of rotatable bonds is 6. The molecule has 0 aromatic rings. The van der Waals surface area contributed by atoms with E-state index in [-0.39, 0.29) is 18.2 Å². The highest BCUT2D eigenvalue weighted by molar-refractivity contribution is 7.90. The number of esters is 1. The van der Waals surface area contributed by atoms with Crippen molar-refractivity contribution >= 4 is 21.8 Å². The zero-order valence-electron chi connectivity index (χ0n) is 9.81. The van der Waals surface area contributed by atoms with Gasteiger partial charge in [-0.15, -0.1) is 0 Å². The van der Waals surface area contributed by atoms with E-state index in [2.05, 4.69) is 9.46 Å². The average Bonchev–Trinajstić information content (AvgIpc) is 2.23. The Morgan fingerprint density at radius 2 is 1.75 bits per heavy atom. The van der Waals surface area contributed by atoms with Crippen LogP contribution in [0.4, 0.5) is 0 Å². The Balaban J connectivity index is 4.48. The molecule has 1 unspecified atom stereocenters. The molecule has 94 valence electrons. The molecule has 16 heavy (non-hydrogen) atoms. The molecule has 0 aromatic heterocycles. The molecule has 0 aliphatic carbocycles. The summed E-state index contributed by atoms with van der Waals surface area (Å²) >= 11 is 0. The van der Waals surface area contributed by atoms with Gasteiger partial charge in [-0.25, -0.2) is 13.1 Å². The highest BCUT2D eigenvalue weighted by Crippen LogP contribution is 2.01. The minimum atomic E-state index is -3.85. The summed E-state index contributed by atoms with van der Waals surface area (Å²) in [5.41, 5.74) is 0. The Morgan fingerprint density at radius 1 is 1.25 bits per heavy atom. The van der Waals surface area contributed by atoms with Gasteiger partial charge in [0.2, 0.25) is 10.0 Å². The van der Waals surface area contributed by atoms with Gasteiger partial charge in [0, 0.05) is 5.92 Å². The van der Waals surface area contributed by atoms with Crippen molar-refractivity contribution in [1.29, 1.82) is 0 Å². The molecule has 0 amide bonds. The quantitative estimate of drug-likeness (QED) is 0.654. The van der Waals surface area contributed by atoms with Gasteiger partial charge in [0.05, 0.1) is 13.7 Å². The van der Waals surface area contributed by atoms with Gasteiger partial charge >= 0.3 is 5.97 Å². The number of carbonyl (C=O) groups excluding carboxylic acids is 2. The van der Waals surface area contributed by atoms with Crippen molar-refractivity contribution in [2.24, 2.45) is 5.92 Å². The SMILES string of the molecule is COC(=O)C(C)S(=O)(=O)NCC(=O)C(C)C. The first kappa shape index (κ1) is 15.0. The largest absolute Gasteiger partial charge is 0.468 e. The zero-order chi connectivity index (χ0) is 12.9. The number of ketones is 1. The van der Waals surface area contributed by atoms with Crippen LogP contribution in [0.2, 0.25) is 0 Å². The molecule has 0 aromatic carbocycles. The molecular formula is C9H17NO5S. The van der Waals surface area contributed by atoms with Crippen LogP contribution in [0.15, 0.2) is 0 Å². The second kappa shape index (κ2) is 5.95. The van der Waals surface area contributed by atoms with Crippen LogP contribution >= 0.6 is 0 Å². The molecule has 0 saturated carbocycles. The van der Waals surface area contributed by atoms with Crippen LogP contribution < -0.4 is 4.72 Å². The second-order valence-electron chi connectivity index (χ2n) is 3.65. The molecule has 1 N–H and O–H groups in total. The van der Waals surface area contributed by atoms with Gasteiger partial charge in [-0.05, 0) is 6.92 Å². The lowest BCUT2D eigenvalue weighted by Crippen LogP contribution is -2.41. The predicted octanol–water partition coefficient (Wildman–Crippen LogP) is -0.308. The van der Waals surface area contributed by atoms with Crippen molar-refractivity contribution in [2.75, 3.05) is 13.7 Å². The molecule has 0 saturated heterocycles. The average molecular weight is 251 g/mol. The molecule has 0 aliphatic rings. The van der Waals surface area contributed by atoms with E-state index < -0.39 is 21.2 Å². The van der Waals surface area contributed by atoms with Crippen molar-refractivity contribution in [2.45, 2.75) is 26.0 Å². The second-order valence-corrected chi connectivity index (χ2v) is 5.74. The minimum Gasteiger partial charge on any atom is -0.468 e. The molecule has 7 heteroatoms. The van der Waals surface area contributed by atoms with Crippen molar-refractivity contribution in [3.05, 3.63) is 0 Å². The topological polar surface area (TPSA) is 89.5 Å². The molecule has 0 spiro atoms. The van der Waals surface area contributed by atoms with E-state index >= 15 is 0 Å². The summed E-state index contributed by atoms with van der Waals surface area (Å²) < 4.78 is 29.4. The molecular weight excluding hydrogens is 234 g/mol. The fraction of sp³-hybridized carbons (Fsp3) is 0.778. The molecule has 0 radical (unpaired) electrons. The van der Waals surface area contributed by atoms with Gasteiger partial charge in [-0.3, -0.25) is 9.59 Å². The molecule has 0 rings (SSSR count). The van der Waals surface area contributed by atoms with Gasteiger partial charge in [0.25, 0.3) is 0 Å². The fourth-order valence-electron chi connectivity index (χ4n) is 0.793. The number of sulfonamides is 1. The van der Waals surface area contributed by atoms with Crippen LogP contribution in [-0.4, -0.2) is 39.1 Å². The highest BCUT2D eigenvalue weighted by atomic mass is 32.2. The molecule has 0 bridgehead atoms. The van der Waals surface area contributed by atoms with Crippen LogP contribution in [0, 0.1) is 5.92 Å². The standard InChI is InChI=1S/C9H17NO5S/c1-6(2)8(11)5-10-16(13,14)7(3)9(12)15-4/h6-7,10H,5H2,1-4H3. The van der Waals surface area contributed by atoms with Crippen LogP contribution in [0.5, 0.6) is 0 Å². The fourth-order valence-corrected chi connectivity index (χ4v) is 1.74. The summed E-state index contributed by atoms with van der Waals surface area (Å²) in [7, 11) is -2.74. The summed E-state index contributed by atoms with van der Waals surface area (Å²) in [6.07, 6.45) is 0. The van der Waals surface area contributed by atoms with Gasteiger partial charge in [0.15, 0.2) is 5.25 Å². The monoisotopic (exact) mass is 251 g/mol. The number of methoxy groups -OCH3 is 1. The summed E-state index contributed by atoms with van der Waals surface area (Å²) in [6.45, 7) is 4.23. The first-order valence-electron chi connectivity index (χ1n) is 4.81. The van der Waals surface area contributed by atoms with E-state index in [1.807, 2.05) is 0 Å². The maximum absolute atomic E-state index is 11.5. The predicted molar refractivity (Wildman–Crippen MR) is 58.2 cm³/mol. The third-order valence-electron chi connectivity index (χ3n) is 2.09. The van der Waals surface area contributed by atoms with Gasteiger partial charge < -0.3 is 4.74 Å². The maximum atomic E-state index is 11.5. The van der Waals surface area contributed by atoms with Gasteiger partial charge in [0.1, 0.15) is 5.78 Å². The minimum absolute atomic E-state index is 0.236. The lowest BCUT2D eigenvalue weighted by atomic mass is 10.1. The molecule has 1 atom stereocenters. The van der Waals surface area contributed by atoms with Crippen LogP contribution in [0.1, 0.15) is 20.8 Å². The van der Waals surface area contributed by atoms with Crippen molar-refractivity contribution in [3.8, 4) is 0 Å². The molecule has 0 aliphatic heterocycles. The smallest absolute Gasteiger partial charge is 0.325 e. The highest BCUT2D eigenvalue weighted by Gasteiger charge is 2.29. The first-order valence-corrected chi connectivity index (χ1v) is 6.36. The summed E-state index contributed by atoms with van der Waals surface area (Å²) in [5.74, 6) is -1.35. The van der Waals surface area contributed by atoms with Crippen LogP contribution in [-0.2, 0) is 24.3 Å². The third-order valence-corrected chi connectivity index (χ3v) is 3.76. The number of hydrogen-bond acceptors (Lipinski definition) is 5. The maximum Gasteiger partial charge on any atom is 0.325 e. The normalized spacial score (nSPS) is 13.6. The molecule has 6 nitrogen and oxygen atoms in total. The van der Waals surface area contributed by atoms with Crippen LogP contribution in [0.3, 0.4) is 0 Å². The Morgan fingerprint density at radius 3 is 2.12 bits per heavy atom. The molecule has 0 fully saturated rings. The number of ether oxygens (including phenoxy) is 1. The zero-order valence-corrected chi connectivity index (χ0v) is 10.6. The Hall–Kier alpha value is -0.950. The Labute approximate surface area is 95.4 Å². The van der Waals surface area contributed by atoms with Crippen molar-refractivity contribution in [3.63, 3.8) is 0 Å². The lowest BCUT2D eigenvalue weighted by Gasteiger charge is -2.12. The van der Waals surface area contributed by atoms with E-state index in [0.717, 1.165) is 7.11 Å².